The molecule has 0 saturated heterocycles. The molecule has 27 heavy (non-hydrogen) atoms. The lowest BCUT2D eigenvalue weighted by Crippen LogP contribution is -2.34. The normalized spacial score (nSPS) is 18.7. The van der Waals surface area contributed by atoms with Crippen molar-refractivity contribution in [2.45, 2.75) is 40.3 Å². The third-order valence-electron chi connectivity index (χ3n) is 5.58. The molecule has 4 heteroatoms. The number of ether oxygens (including phenoxy) is 1. The van der Waals surface area contributed by atoms with Crippen LogP contribution in [0.15, 0.2) is 53.5 Å². The zero-order valence-electron chi connectivity index (χ0n) is 16.6. The maximum atomic E-state index is 5.55. The fraction of sp³-hybridized carbons (Fsp3) is 0.391. The van der Waals surface area contributed by atoms with Gasteiger partial charge in [0.05, 0.1) is 24.9 Å². The number of hydrogen-bond donors (Lipinski definition) is 0. The molecule has 1 unspecified atom stereocenters. The van der Waals surface area contributed by atoms with E-state index in [0.717, 1.165) is 41.3 Å². The molecule has 0 radical (unpaired) electrons. The Hall–Kier alpha value is -2.62. The zero-order valence-corrected chi connectivity index (χ0v) is 16.6. The van der Waals surface area contributed by atoms with Crippen LogP contribution < -0.4 is 4.74 Å². The quantitative estimate of drug-likeness (QED) is 0.651. The Morgan fingerprint density at radius 3 is 2.59 bits per heavy atom. The van der Waals surface area contributed by atoms with Gasteiger partial charge in [0.25, 0.3) is 0 Å². The van der Waals surface area contributed by atoms with Crippen molar-refractivity contribution in [2.24, 2.45) is 16.3 Å². The van der Waals surface area contributed by atoms with E-state index >= 15 is 0 Å². The van der Waals surface area contributed by atoms with Gasteiger partial charge in [-0.2, -0.15) is 0 Å². The molecular weight excluding hydrogens is 334 g/mol. The molecule has 0 spiro atoms. The Labute approximate surface area is 160 Å². The summed E-state index contributed by atoms with van der Waals surface area (Å²) in [5, 5.41) is 0. The lowest BCUT2D eigenvalue weighted by Gasteiger charge is -2.35. The largest absolute Gasteiger partial charge is 0.494 e. The number of para-hydroxylation sites is 1. The van der Waals surface area contributed by atoms with E-state index in [1.807, 2.05) is 18.2 Å². The van der Waals surface area contributed by atoms with E-state index in [-0.39, 0.29) is 5.41 Å². The highest BCUT2D eigenvalue weighted by atomic mass is 16.5. The maximum Gasteiger partial charge on any atom is 0.155 e. The maximum absolute atomic E-state index is 5.55. The van der Waals surface area contributed by atoms with Gasteiger partial charge >= 0.3 is 0 Å². The van der Waals surface area contributed by atoms with Crippen LogP contribution in [0.1, 0.15) is 38.6 Å². The lowest BCUT2D eigenvalue weighted by molar-refractivity contribution is 0.214. The van der Waals surface area contributed by atoms with Crippen molar-refractivity contribution in [1.82, 2.24) is 9.55 Å². The van der Waals surface area contributed by atoms with E-state index in [2.05, 4.69) is 55.7 Å². The summed E-state index contributed by atoms with van der Waals surface area (Å²) in [5.74, 6) is 2.33. The molecule has 0 N–H and O–H groups in total. The average molecular weight is 361 g/mol. The summed E-state index contributed by atoms with van der Waals surface area (Å²) in [6.07, 6.45) is 0.960. The van der Waals surface area contributed by atoms with Crippen LogP contribution in [0, 0.1) is 11.3 Å². The number of aliphatic imine (C=N–C) groups is 1. The van der Waals surface area contributed by atoms with Crippen molar-refractivity contribution < 1.29 is 4.74 Å². The molecule has 0 aliphatic carbocycles. The molecule has 1 atom stereocenters. The van der Waals surface area contributed by atoms with Crippen LogP contribution in [-0.2, 0) is 13.1 Å². The molecule has 0 saturated carbocycles. The molecule has 140 valence electrons. The van der Waals surface area contributed by atoms with Gasteiger partial charge in [-0.25, -0.2) is 4.98 Å². The van der Waals surface area contributed by atoms with Gasteiger partial charge in [-0.1, -0.05) is 57.2 Å². The topological polar surface area (TPSA) is 39.4 Å². The standard InChI is InChI=1S/C23H27N3O/c1-23(2,3)17-13-18(24-14-16-9-6-5-7-10-16)22-25-21-19(26(22)15-17)11-8-12-20(21)27-4/h5-12,17H,13-15H2,1-4H3. The van der Waals surface area contributed by atoms with Gasteiger partial charge in [-0.3, -0.25) is 4.99 Å². The van der Waals surface area contributed by atoms with Crippen LogP contribution >= 0.6 is 0 Å². The first-order valence-corrected chi connectivity index (χ1v) is 9.58. The summed E-state index contributed by atoms with van der Waals surface area (Å²) >= 11 is 0. The Kier molecular flexibility index (Phi) is 4.50. The highest BCUT2D eigenvalue weighted by Crippen LogP contribution is 2.37. The average Bonchev–Trinajstić information content (AvgIpc) is 3.05. The van der Waals surface area contributed by atoms with Crippen molar-refractivity contribution in [3.05, 3.63) is 59.9 Å². The summed E-state index contributed by atoms with van der Waals surface area (Å²) in [6, 6.07) is 16.6. The van der Waals surface area contributed by atoms with Gasteiger partial charge in [0, 0.05) is 6.54 Å². The molecule has 2 aromatic carbocycles. The first kappa shape index (κ1) is 17.8. The molecule has 1 aliphatic heterocycles. The van der Waals surface area contributed by atoms with Crippen molar-refractivity contribution in [1.29, 1.82) is 0 Å². The first-order chi connectivity index (χ1) is 13.0. The molecule has 2 heterocycles. The molecule has 1 aromatic heterocycles. The van der Waals surface area contributed by atoms with Crippen LogP contribution in [0.3, 0.4) is 0 Å². The van der Waals surface area contributed by atoms with Crippen LogP contribution in [-0.4, -0.2) is 22.4 Å². The Morgan fingerprint density at radius 1 is 1.11 bits per heavy atom. The summed E-state index contributed by atoms with van der Waals surface area (Å²) in [6.45, 7) is 8.60. The van der Waals surface area contributed by atoms with E-state index in [1.54, 1.807) is 7.11 Å². The highest BCUT2D eigenvalue weighted by molar-refractivity contribution is 6.02. The number of fused-ring (bicyclic) bond motifs is 3. The van der Waals surface area contributed by atoms with Crippen LogP contribution in [0.2, 0.25) is 0 Å². The number of imidazole rings is 1. The number of aromatic nitrogens is 2. The van der Waals surface area contributed by atoms with Crippen molar-refractivity contribution in [2.75, 3.05) is 7.11 Å². The predicted octanol–water partition coefficient (Wildman–Crippen LogP) is 5.10. The molecule has 0 bridgehead atoms. The van der Waals surface area contributed by atoms with E-state index in [9.17, 15) is 0 Å². The van der Waals surface area contributed by atoms with E-state index in [1.165, 1.54) is 5.56 Å². The molecule has 4 nitrogen and oxygen atoms in total. The SMILES string of the molecule is COc1cccc2c1nc1n2CC(C(C)(C)C)CC1=NCc1ccccc1. The van der Waals surface area contributed by atoms with Crippen molar-refractivity contribution in [3.8, 4) is 5.75 Å². The lowest BCUT2D eigenvalue weighted by atomic mass is 9.76. The molecule has 3 aromatic rings. The summed E-state index contributed by atoms with van der Waals surface area (Å²) in [7, 11) is 1.70. The third kappa shape index (κ3) is 3.36. The Morgan fingerprint density at radius 2 is 1.89 bits per heavy atom. The highest BCUT2D eigenvalue weighted by Gasteiger charge is 2.34. The zero-order chi connectivity index (χ0) is 19.0. The number of nitrogens with zero attached hydrogens (tertiary/aromatic N) is 3. The molecule has 0 fully saturated rings. The van der Waals surface area contributed by atoms with Gasteiger partial charge in [0.15, 0.2) is 5.82 Å². The molecular formula is C23H27N3O. The molecule has 1 aliphatic rings. The number of benzene rings is 2. The number of rotatable bonds is 3. The van der Waals surface area contributed by atoms with Gasteiger partial charge in [0.1, 0.15) is 11.3 Å². The minimum absolute atomic E-state index is 0.209. The number of methoxy groups -OCH3 is 1. The fourth-order valence-corrected chi connectivity index (χ4v) is 3.79. The van der Waals surface area contributed by atoms with E-state index in [4.69, 9.17) is 14.7 Å². The fourth-order valence-electron chi connectivity index (χ4n) is 3.79. The second-order valence-corrected chi connectivity index (χ2v) is 8.39. The molecule has 4 rings (SSSR count). The van der Waals surface area contributed by atoms with E-state index in [0.29, 0.717) is 12.5 Å². The summed E-state index contributed by atoms with van der Waals surface area (Å²) in [4.78, 5) is 9.94. The van der Waals surface area contributed by atoms with Gasteiger partial charge < -0.3 is 9.30 Å². The Bertz CT molecular complexity index is 980. The summed E-state index contributed by atoms with van der Waals surface area (Å²) < 4.78 is 7.88. The predicted molar refractivity (Wildman–Crippen MR) is 111 cm³/mol. The second-order valence-electron chi connectivity index (χ2n) is 8.39. The first-order valence-electron chi connectivity index (χ1n) is 9.58. The minimum atomic E-state index is 0.209. The number of hydrogen-bond acceptors (Lipinski definition) is 3. The monoisotopic (exact) mass is 361 g/mol. The second kappa shape index (κ2) is 6.84. The molecule has 0 amide bonds. The van der Waals surface area contributed by atoms with Crippen molar-refractivity contribution in [3.63, 3.8) is 0 Å². The van der Waals surface area contributed by atoms with Gasteiger partial charge in [-0.15, -0.1) is 0 Å². The smallest absolute Gasteiger partial charge is 0.155 e. The van der Waals surface area contributed by atoms with Gasteiger partial charge in [-0.05, 0) is 35.4 Å². The van der Waals surface area contributed by atoms with Crippen LogP contribution in [0.5, 0.6) is 5.75 Å². The van der Waals surface area contributed by atoms with Crippen LogP contribution in [0.4, 0.5) is 0 Å². The van der Waals surface area contributed by atoms with E-state index < -0.39 is 0 Å². The van der Waals surface area contributed by atoms with Gasteiger partial charge in [0.2, 0.25) is 0 Å². The Balaban J connectivity index is 1.82. The minimum Gasteiger partial charge on any atom is -0.494 e. The summed E-state index contributed by atoms with van der Waals surface area (Å²) in [5.41, 5.74) is 4.59. The van der Waals surface area contributed by atoms with Crippen LogP contribution in [0.25, 0.3) is 11.0 Å². The third-order valence-corrected chi connectivity index (χ3v) is 5.58. The van der Waals surface area contributed by atoms with Crippen molar-refractivity contribution >= 4 is 16.7 Å².